The Bertz CT molecular complexity index is 1310. The van der Waals surface area contributed by atoms with Gasteiger partial charge in [0.05, 0.1) is 12.1 Å². The van der Waals surface area contributed by atoms with E-state index in [4.69, 9.17) is 9.47 Å². The monoisotopic (exact) mass is 472 g/mol. The molecular formula is C31H24N2O3. The first kappa shape index (κ1) is 22.9. The molecule has 0 unspecified atom stereocenters. The number of anilines is 1. The lowest BCUT2D eigenvalue weighted by molar-refractivity contribution is -0.116. The summed E-state index contributed by atoms with van der Waals surface area (Å²) in [6.45, 7) is 0. The van der Waals surface area contributed by atoms with E-state index >= 15 is 0 Å². The smallest absolute Gasteiger partial charge is 0.236 e. The Labute approximate surface area is 210 Å². The number of hydrogen-bond acceptors (Lipinski definition) is 4. The number of carbonyl (C=O) groups is 1. The number of amides is 1. The van der Waals surface area contributed by atoms with Gasteiger partial charge in [0.1, 0.15) is 23.0 Å². The highest BCUT2D eigenvalue weighted by atomic mass is 16.5. The normalized spacial score (nSPS) is 10.6. The number of nitrogens with one attached hydrogen (secondary N) is 1. The predicted molar refractivity (Wildman–Crippen MR) is 141 cm³/mol. The summed E-state index contributed by atoms with van der Waals surface area (Å²) in [6, 6.07) is 37.9. The number of rotatable bonds is 8. The number of carbonyl (C=O) groups excluding carboxylic acids is 1. The maximum Gasteiger partial charge on any atom is 0.236 e. The Morgan fingerprint density at radius 1 is 0.611 bits per heavy atom. The van der Waals surface area contributed by atoms with Crippen molar-refractivity contribution in [3.63, 3.8) is 0 Å². The van der Waals surface area contributed by atoms with E-state index in [-0.39, 0.29) is 5.91 Å². The quantitative estimate of drug-likeness (QED) is 0.255. The molecule has 0 atom stereocenters. The average molecular weight is 473 g/mol. The molecule has 4 aromatic carbocycles. The zero-order chi connectivity index (χ0) is 24.6. The zero-order valence-electron chi connectivity index (χ0n) is 19.5. The minimum absolute atomic E-state index is 0.156. The Balaban J connectivity index is 1.47. The van der Waals surface area contributed by atoms with Crippen molar-refractivity contribution in [2.75, 3.05) is 5.32 Å². The second kappa shape index (κ2) is 11.0. The molecule has 5 aromatic rings. The van der Waals surface area contributed by atoms with Gasteiger partial charge < -0.3 is 14.8 Å². The minimum atomic E-state index is -0.478. The highest BCUT2D eigenvalue weighted by molar-refractivity contribution is 5.98. The van der Waals surface area contributed by atoms with E-state index in [1.165, 1.54) is 0 Å². The lowest BCUT2D eigenvalue weighted by Gasteiger charge is -2.19. The molecule has 1 aromatic heterocycles. The highest BCUT2D eigenvalue weighted by Crippen LogP contribution is 2.33. The molecule has 5 heteroatoms. The van der Waals surface area contributed by atoms with Gasteiger partial charge >= 0.3 is 0 Å². The molecule has 176 valence electrons. The molecule has 5 rings (SSSR count). The Morgan fingerprint density at radius 3 is 1.69 bits per heavy atom. The minimum Gasteiger partial charge on any atom is -0.457 e. The molecule has 0 saturated heterocycles. The number of hydrogen-bond donors (Lipinski definition) is 1. The van der Waals surface area contributed by atoms with Crippen LogP contribution in [0.15, 0.2) is 134 Å². The largest absolute Gasteiger partial charge is 0.457 e. The molecule has 0 saturated carbocycles. The molecule has 0 fully saturated rings. The number of ether oxygens (including phenoxy) is 2. The van der Waals surface area contributed by atoms with Gasteiger partial charge in [-0.05, 0) is 35.4 Å². The van der Waals surface area contributed by atoms with E-state index in [1.807, 2.05) is 97.1 Å². The first-order chi connectivity index (χ1) is 17.7. The average Bonchev–Trinajstić information content (AvgIpc) is 2.91. The van der Waals surface area contributed by atoms with Crippen LogP contribution in [0.5, 0.6) is 23.0 Å². The van der Waals surface area contributed by atoms with E-state index in [9.17, 15) is 4.79 Å². The number of nitrogens with zero attached hydrogens (tertiary/aromatic N) is 1. The maximum atomic E-state index is 13.7. The summed E-state index contributed by atoms with van der Waals surface area (Å²) < 4.78 is 12.1. The van der Waals surface area contributed by atoms with Crippen LogP contribution in [-0.2, 0) is 4.79 Å². The zero-order valence-corrected chi connectivity index (χ0v) is 19.5. The van der Waals surface area contributed by atoms with E-state index in [0.717, 1.165) is 11.1 Å². The van der Waals surface area contributed by atoms with E-state index in [1.54, 1.807) is 36.7 Å². The third-order valence-corrected chi connectivity index (χ3v) is 5.52. The molecule has 1 N–H and O–H groups in total. The Kier molecular flexibility index (Phi) is 7.00. The molecule has 0 aliphatic carbocycles. The summed E-state index contributed by atoms with van der Waals surface area (Å²) in [7, 11) is 0. The summed E-state index contributed by atoms with van der Waals surface area (Å²) >= 11 is 0. The number of benzene rings is 4. The number of pyridine rings is 1. The molecule has 0 bridgehead atoms. The highest BCUT2D eigenvalue weighted by Gasteiger charge is 2.23. The van der Waals surface area contributed by atoms with Crippen LogP contribution in [0.3, 0.4) is 0 Å². The van der Waals surface area contributed by atoms with Crippen molar-refractivity contribution in [3.8, 4) is 23.0 Å². The van der Waals surface area contributed by atoms with Crippen LogP contribution in [0, 0.1) is 0 Å². The second-order valence-electron chi connectivity index (χ2n) is 8.14. The van der Waals surface area contributed by atoms with Crippen LogP contribution in [0.25, 0.3) is 0 Å². The third kappa shape index (κ3) is 5.77. The van der Waals surface area contributed by atoms with Crippen LogP contribution in [0.1, 0.15) is 17.0 Å². The lowest BCUT2D eigenvalue weighted by Crippen LogP contribution is -2.22. The molecule has 0 spiro atoms. The standard InChI is InChI=1S/C31H24N2O3/c34-31(30(23-11-4-1-5-12-23)24-13-6-2-7-14-24)33-25-19-28(35-26-15-8-3-9-16-26)21-29(20-25)36-27-17-10-18-32-22-27/h1-22,30H,(H,33,34). The molecule has 0 aliphatic rings. The molecule has 0 aliphatic heterocycles. The fraction of sp³-hybridized carbons (Fsp3) is 0.0323. The van der Waals surface area contributed by atoms with Crippen molar-refractivity contribution >= 4 is 11.6 Å². The van der Waals surface area contributed by atoms with E-state index < -0.39 is 5.92 Å². The van der Waals surface area contributed by atoms with Gasteiger partial charge in [-0.2, -0.15) is 0 Å². The number of aromatic nitrogens is 1. The number of para-hydroxylation sites is 1. The van der Waals surface area contributed by atoms with Gasteiger partial charge in [0.15, 0.2) is 0 Å². The first-order valence-electron chi connectivity index (χ1n) is 11.6. The van der Waals surface area contributed by atoms with Crippen molar-refractivity contribution in [1.29, 1.82) is 0 Å². The third-order valence-electron chi connectivity index (χ3n) is 5.52. The van der Waals surface area contributed by atoms with Gasteiger partial charge in [-0.3, -0.25) is 9.78 Å². The summed E-state index contributed by atoms with van der Waals surface area (Å²) in [4.78, 5) is 17.8. The fourth-order valence-corrected chi connectivity index (χ4v) is 3.93. The lowest BCUT2D eigenvalue weighted by atomic mass is 9.90. The van der Waals surface area contributed by atoms with Crippen LogP contribution in [0.2, 0.25) is 0 Å². The van der Waals surface area contributed by atoms with E-state index in [0.29, 0.717) is 28.7 Å². The van der Waals surface area contributed by atoms with Crippen molar-refractivity contribution in [3.05, 3.63) is 145 Å². The molecular weight excluding hydrogens is 448 g/mol. The molecule has 1 amide bonds. The molecule has 5 nitrogen and oxygen atoms in total. The van der Waals surface area contributed by atoms with Gasteiger partial charge in [-0.15, -0.1) is 0 Å². The van der Waals surface area contributed by atoms with Crippen molar-refractivity contribution in [2.45, 2.75) is 5.92 Å². The molecule has 1 heterocycles. The van der Waals surface area contributed by atoms with Gasteiger partial charge in [0.25, 0.3) is 0 Å². The summed E-state index contributed by atoms with van der Waals surface area (Å²) in [5.74, 6) is 1.68. The fourth-order valence-electron chi connectivity index (χ4n) is 3.93. The van der Waals surface area contributed by atoms with Crippen LogP contribution >= 0.6 is 0 Å². The first-order valence-corrected chi connectivity index (χ1v) is 11.6. The topological polar surface area (TPSA) is 60.5 Å². The molecule has 0 radical (unpaired) electrons. The van der Waals surface area contributed by atoms with Gasteiger partial charge in [0.2, 0.25) is 5.91 Å². The maximum absolute atomic E-state index is 13.7. The van der Waals surface area contributed by atoms with Crippen molar-refractivity contribution < 1.29 is 14.3 Å². The SMILES string of the molecule is O=C(Nc1cc(Oc2ccccc2)cc(Oc2cccnc2)c1)C(c1ccccc1)c1ccccc1. The predicted octanol–water partition coefficient (Wildman–Crippen LogP) is 7.44. The van der Waals surface area contributed by atoms with Crippen molar-refractivity contribution in [2.24, 2.45) is 0 Å². The summed E-state index contributed by atoms with van der Waals surface area (Å²) in [5, 5.41) is 3.08. The van der Waals surface area contributed by atoms with Gasteiger partial charge in [-0.1, -0.05) is 78.9 Å². The molecule has 36 heavy (non-hydrogen) atoms. The van der Waals surface area contributed by atoms with Crippen LogP contribution < -0.4 is 14.8 Å². The Morgan fingerprint density at radius 2 is 1.14 bits per heavy atom. The van der Waals surface area contributed by atoms with E-state index in [2.05, 4.69) is 10.3 Å². The van der Waals surface area contributed by atoms with Crippen LogP contribution in [-0.4, -0.2) is 10.9 Å². The Hall–Kier alpha value is -4.90. The van der Waals surface area contributed by atoms with Gasteiger partial charge in [-0.25, -0.2) is 0 Å². The van der Waals surface area contributed by atoms with Gasteiger partial charge in [0, 0.05) is 30.1 Å². The second-order valence-corrected chi connectivity index (χ2v) is 8.14. The summed E-state index contributed by atoms with van der Waals surface area (Å²) in [6.07, 6.45) is 3.31. The summed E-state index contributed by atoms with van der Waals surface area (Å²) in [5.41, 5.74) is 2.37. The van der Waals surface area contributed by atoms with Crippen LogP contribution in [0.4, 0.5) is 5.69 Å². The van der Waals surface area contributed by atoms with Crippen molar-refractivity contribution in [1.82, 2.24) is 4.98 Å².